The maximum atomic E-state index is 3.45. The zero-order chi connectivity index (χ0) is 12.1. The van der Waals surface area contributed by atoms with E-state index >= 15 is 0 Å². The molecule has 0 amide bonds. The van der Waals surface area contributed by atoms with Gasteiger partial charge in [-0.15, -0.1) is 0 Å². The second kappa shape index (κ2) is 5.90. The molecule has 0 fully saturated rings. The lowest BCUT2D eigenvalue weighted by molar-refractivity contribution is 0.702. The molecular weight excluding hydrogens is 196 g/mol. The van der Waals surface area contributed by atoms with Gasteiger partial charge in [-0.3, -0.25) is 0 Å². The van der Waals surface area contributed by atoms with Crippen molar-refractivity contribution in [2.45, 2.75) is 47.7 Å². The van der Waals surface area contributed by atoms with Crippen LogP contribution in [0.4, 0.5) is 0 Å². The normalized spacial score (nSPS) is 10.6. The Morgan fingerprint density at radius 1 is 1.38 bits per heavy atom. The van der Waals surface area contributed by atoms with E-state index in [1.54, 1.807) is 0 Å². The number of rotatable bonds is 5. The Morgan fingerprint density at radius 3 is 2.56 bits per heavy atom. The standard InChI is InChI=1S/C14H24N2/c1-6-16-12(4)9-14(13(16)5)10-15-8-7-11(2)3/h7,9,15H,6,8,10H2,1-5H3. The van der Waals surface area contributed by atoms with Crippen LogP contribution in [-0.4, -0.2) is 11.1 Å². The van der Waals surface area contributed by atoms with Crippen molar-refractivity contribution >= 4 is 0 Å². The highest BCUT2D eigenvalue weighted by atomic mass is 15.0. The topological polar surface area (TPSA) is 17.0 Å². The van der Waals surface area contributed by atoms with E-state index < -0.39 is 0 Å². The quantitative estimate of drug-likeness (QED) is 0.595. The summed E-state index contributed by atoms with van der Waals surface area (Å²) in [4.78, 5) is 0. The number of hydrogen-bond acceptors (Lipinski definition) is 1. The molecule has 0 radical (unpaired) electrons. The highest BCUT2D eigenvalue weighted by Crippen LogP contribution is 2.14. The molecule has 2 nitrogen and oxygen atoms in total. The van der Waals surface area contributed by atoms with Crippen molar-refractivity contribution in [3.8, 4) is 0 Å². The van der Waals surface area contributed by atoms with Gasteiger partial charge in [0.2, 0.25) is 0 Å². The number of allylic oxidation sites excluding steroid dienone is 1. The minimum Gasteiger partial charge on any atom is -0.349 e. The second-order valence-electron chi connectivity index (χ2n) is 4.55. The highest BCUT2D eigenvalue weighted by molar-refractivity contribution is 5.26. The van der Waals surface area contributed by atoms with Crippen LogP contribution in [0.2, 0.25) is 0 Å². The molecule has 0 saturated carbocycles. The number of aryl methyl sites for hydroxylation is 1. The molecule has 1 rings (SSSR count). The SMILES string of the molecule is CCn1c(C)cc(CNCC=C(C)C)c1C. The van der Waals surface area contributed by atoms with Crippen LogP contribution in [0.15, 0.2) is 17.7 Å². The molecule has 16 heavy (non-hydrogen) atoms. The van der Waals surface area contributed by atoms with Crippen molar-refractivity contribution in [1.82, 2.24) is 9.88 Å². The van der Waals surface area contributed by atoms with Crippen molar-refractivity contribution in [2.24, 2.45) is 0 Å². The number of nitrogens with zero attached hydrogens (tertiary/aromatic N) is 1. The van der Waals surface area contributed by atoms with E-state index in [1.165, 1.54) is 22.5 Å². The van der Waals surface area contributed by atoms with Gasteiger partial charge in [-0.05, 0) is 46.2 Å². The minimum absolute atomic E-state index is 0.956. The van der Waals surface area contributed by atoms with E-state index in [9.17, 15) is 0 Å². The van der Waals surface area contributed by atoms with Gasteiger partial charge in [-0.2, -0.15) is 0 Å². The third-order valence-corrected chi connectivity index (χ3v) is 2.96. The second-order valence-corrected chi connectivity index (χ2v) is 4.55. The smallest absolute Gasteiger partial charge is 0.0226 e. The van der Waals surface area contributed by atoms with Gasteiger partial charge in [-0.1, -0.05) is 11.6 Å². The largest absolute Gasteiger partial charge is 0.349 e. The molecule has 0 aliphatic rings. The van der Waals surface area contributed by atoms with Gasteiger partial charge < -0.3 is 9.88 Å². The summed E-state index contributed by atoms with van der Waals surface area (Å²) in [6.07, 6.45) is 2.22. The van der Waals surface area contributed by atoms with Gasteiger partial charge in [-0.25, -0.2) is 0 Å². The van der Waals surface area contributed by atoms with E-state index in [-0.39, 0.29) is 0 Å². The van der Waals surface area contributed by atoms with Crippen LogP contribution in [-0.2, 0) is 13.1 Å². The number of nitrogens with one attached hydrogen (secondary N) is 1. The molecule has 0 saturated heterocycles. The molecule has 0 aliphatic heterocycles. The number of aromatic nitrogens is 1. The van der Waals surface area contributed by atoms with Gasteiger partial charge in [0.05, 0.1) is 0 Å². The van der Waals surface area contributed by atoms with E-state index in [2.05, 4.69) is 56.6 Å². The molecule has 1 aromatic heterocycles. The first-order chi connectivity index (χ1) is 7.56. The van der Waals surface area contributed by atoms with Crippen molar-refractivity contribution in [3.05, 3.63) is 34.7 Å². The van der Waals surface area contributed by atoms with Crippen molar-refractivity contribution in [1.29, 1.82) is 0 Å². The molecule has 1 heterocycles. The molecule has 0 unspecified atom stereocenters. The lowest BCUT2D eigenvalue weighted by Crippen LogP contribution is -2.13. The highest BCUT2D eigenvalue weighted by Gasteiger charge is 2.06. The molecule has 1 N–H and O–H groups in total. The Balaban J connectivity index is 2.58. The van der Waals surface area contributed by atoms with E-state index in [1.807, 2.05) is 0 Å². The van der Waals surface area contributed by atoms with Crippen LogP contribution in [0, 0.1) is 13.8 Å². The minimum atomic E-state index is 0.956. The Hall–Kier alpha value is -1.02. The first-order valence-corrected chi connectivity index (χ1v) is 6.06. The van der Waals surface area contributed by atoms with Crippen molar-refractivity contribution in [3.63, 3.8) is 0 Å². The predicted octanol–water partition coefficient (Wildman–Crippen LogP) is 3.18. The predicted molar refractivity (Wildman–Crippen MR) is 70.7 cm³/mol. The fraction of sp³-hybridized carbons (Fsp3) is 0.571. The summed E-state index contributed by atoms with van der Waals surface area (Å²) in [5.41, 5.74) is 5.54. The Morgan fingerprint density at radius 2 is 2.06 bits per heavy atom. The Kier molecular flexibility index (Phi) is 4.81. The summed E-state index contributed by atoms with van der Waals surface area (Å²) in [5.74, 6) is 0. The fourth-order valence-corrected chi connectivity index (χ4v) is 2.02. The monoisotopic (exact) mass is 220 g/mol. The molecule has 2 heteroatoms. The average Bonchev–Trinajstić information content (AvgIpc) is 2.48. The molecule has 0 aliphatic carbocycles. The molecule has 0 atom stereocenters. The van der Waals surface area contributed by atoms with Crippen molar-refractivity contribution < 1.29 is 0 Å². The van der Waals surface area contributed by atoms with Crippen LogP contribution in [0.1, 0.15) is 37.7 Å². The van der Waals surface area contributed by atoms with E-state index in [4.69, 9.17) is 0 Å². The maximum Gasteiger partial charge on any atom is 0.0226 e. The number of hydrogen-bond donors (Lipinski definition) is 1. The molecule has 0 bridgehead atoms. The first-order valence-electron chi connectivity index (χ1n) is 6.06. The summed E-state index contributed by atoms with van der Waals surface area (Å²) in [7, 11) is 0. The Bertz CT molecular complexity index is 368. The van der Waals surface area contributed by atoms with E-state index in [0.29, 0.717) is 0 Å². The van der Waals surface area contributed by atoms with Crippen LogP contribution in [0.5, 0.6) is 0 Å². The van der Waals surface area contributed by atoms with Crippen LogP contribution < -0.4 is 5.32 Å². The summed E-state index contributed by atoms with van der Waals surface area (Å²) in [6.45, 7) is 13.8. The maximum absolute atomic E-state index is 3.45. The lowest BCUT2D eigenvalue weighted by atomic mass is 10.2. The van der Waals surface area contributed by atoms with Gasteiger partial charge >= 0.3 is 0 Å². The van der Waals surface area contributed by atoms with Crippen molar-refractivity contribution in [2.75, 3.05) is 6.54 Å². The molecule has 90 valence electrons. The van der Waals surface area contributed by atoms with Gasteiger partial charge in [0.1, 0.15) is 0 Å². The zero-order valence-corrected chi connectivity index (χ0v) is 11.2. The summed E-state index contributed by atoms with van der Waals surface area (Å²) < 4.78 is 2.36. The summed E-state index contributed by atoms with van der Waals surface area (Å²) >= 11 is 0. The fourth-order valence-electron chi connectivity index (χ4n) is 2.02. The average molecular weight is 220 g/mol. The first kappa shape index (κ1) is 13.0. The van der Waals surface area contributed by atoms with Gasteiger partial charge in [0, 0.05) is 31.0 Å². The van der Waals surface area contributed by atoms with Crippen LogP contribution in [0.25, 0.3) is 0 Å². The molecule has 0 aromatic carbocycles. The summed E-state index contributed by atoms with van der Waals surface area (Å²) in [6, 6.07) is 2.29. The third kappa shape index (κ3) is 3.24. The van der Waals surface area contributed by atoms with E-state index in [0.717, 1.165) is 19.6 Å². The third-order valence-electron chi connectivity index (χ3n) is 2.96. The van der Waals surface area contributed by atoms with Gasteiger partial charge in [0.15, 0.2) is 0 Å². The van der Waals surface area contributed by atoms with Gasteiger partial charge in [0.25, 0.3) is 0 Å². The lowest BCUT2D eigenvalue weighted by Gasteiger charge is -2.06. The van der Waals surface area contributed by atoms with Crippen LogP contribution >= 0.6 is 0 Å². The Labute approximate surface area is 99.4 Å². The molecular formula is C14H24N2. The molecule has 1 aromatic rings. The summed E-state index contributed by atoms with van der Waals surface area (Å²) in [5, 5.41) is 3.45. The molecule has 0 spiro atoms. The van der Waals surface area contributed by atoms with Crippen LogP contribution in [0.3, 0.4) is 0 Å². The zero-order valence-electron chi connectivity index (χ0n) is 11.2.